The van der Waals surface area contributed by atoms with E-state index >= 15 is 0 Å². The third-order valence-electron chi connectivity index (χ3n) is 3.26. The molecule has 98 valence electrons. The fourth-order valence-electron chi connectivity index (χ4n) is 2.06. The number of rotatable bonds is 5. The van der Waals surface area contributed by atoms with Crippen molar-refractivity contribution in [1.29, 1.82) is 0 Å². The topological polar surface area (TPSA) is 9.23 Å². The minimum Gasteiger partial charge on any atom is -0.497 e. The standard InChI is InChI=1S/C18H20O/c1-15(17-12-7-13-18(14-17)19-2)8-6-11-16-9-4-3-5-10-16/h3-7,9-15H,8H2,1-2H3/b11-6+/t15-/m0/s1. The molecule has 0 unspecified atom stereocenters. The molecule has 0 aromatic heterocycles. The van der Waals surface area contributed by atoms with Crippen molar-refractivity contribution in [1.82, 2.24) is 0 Å². The molecule has 1 nitrogen and oxygen atoms in total. The van der Waals surface area contributed by atoms with Crippen LogP contribution in [0.25, 0.3) is 6.08 Å². The van der Waals surface area contributed by atoms with Crippen molar-refractivity contribution in [3.63, 3.8) is 0 Å². The van der Waals surface area contributed by atoms with Crippen LogP contribution in [0.4, 0.5) is 0 Å². The van der Waals surface area contributed by atoms with Crippen molar-refractivity contribution in [3.05, 3.63) is 71.8 Å². The highest BCUT2D eigenvalue weighted by Crippen LogP contribution is 2.23. The molecule has 0 N–H and O–H groups in total. The average molecular weight is 252 g/mol. The smallest absolute Gasteiger partial charge is 0.119 e. The van der Waals surface area contributed by atoms with Crippen LogP contribution in [0.2, 0.25) is 0 Å². The number of ether oxygens (including phenoxy) is 1. The normalized spacial score (nSPS) is 12.5. The van der Waals surface area contributed by atoms with Crippen LogP contribution in [0.15, 0.2) is 60.7 Å². The molecule has 0 amide bonds. The summed E-state index contributed by atoms with van der Waals surface area (Å²) in [5.41, 5.74) is 2.57. The van der Waals surface area contributed by atoms with Crippen LogP contribution in [0.1, 0.15) is 30.4 Å². The van der Waals surface area contributed by atoms with Gasteiger partial charge in [-0.25, -0.2) is 0 Å². The summed E-state index contributed by atoms with van der Waals surface area (Å²) in [7, 11) is 1.71. The molecule has 0 saturated carbocycles. The van der Waals surface area contributed by atoms with Gasteiger partial charge in [0.2, 0.25) is 0 Å². The molecule has 2 aromatic rings. The molecule has 2 rings (SSSR count). The highest BCUT2D eigenvalue weighted by Gasteiger charge is 2.04. The monoisotopic (exact) mass is 252 g/mol. The molecule has 0 aliphatic heterocycles. The van der Waals surface area contributed by atoms with E-state index in [1.54, 1.807) is 7.11 Å². The fraction of sp³-hybridized carbons (Fsp3) is 0.222. The van der Waals surface area contributed by atoms with E-state index in [-0.39, 0.29) is 0 Å². The van der Waals surface area contributed by atoms with Gasteiger partial charge < -0.3 is 4.74 Å². The maximum Gasteiger partial charge on any atom is 0.119 e. The van der Waals surface area contributed by atoms with Gasteiger partial charge in [-0.1, -0.05) is 61.5 Å². The minimum atomic E-state index is 0.495. The first-order valence-corrected chi connectivity index (χ1v) is 6.65. The molecule has 0 saturated heterocycles. The highest BCUT2D eigenvalue weighted by atomic mass is 16.5. The van der Waals surface area contributed by atoms with E-state index in [0.717, 1.165) is 12.2 Å². The summed E-state index contributed by atoms with van der Waals surface area (Å²) < 4.78 is 5.26. The highest BCUT2D eigenvalue weighted by molar-refractivity contribution is 5.48. The first kappa shape index (κ1) is 13.4. The Morgan fingerprint density at radius 2 is 1.84 bits per heavy atom. The molecule has 2 aromatic carbocycles. The Morgan fingerprint density at radius 3 is 2.58 bits per heavy atom. The van der Waals surface area contributed by atoms with Crippen LogP contribution in [0.3, 0.4) is 0 Å². The summed E-state index contributed by atoms with van der Waals surface area (Å²) >= 11 is 0. The summed E-state index contributed by atoms with van der Waals surface area (Å²) in [5, 5.41) is 0. The van der Waals surface area contributed by atoms with Crippen molar-refractivity contribution in [2.24, 2.45) is 0 Å². The predicted octanol–water partition coefficient (Wildman–Crippen LogP) is 4.90. The Hall–Kier alpha value is -2.02. The first-order valence-electron chi connectivity index (χ1n) is 6.65. The lowest BCUT2D eigenvalue weighted by atomic mass is 9.97. The molecule has 1 atom stereocenters. The number of methoxy groups -OCH3 is 1. The Balaban J connectivity index is 1.97. The zero-order valence-corrected chi connectivity index (χ0v) is 11.5. The quantitative estimate of drug-likeness (QED) is 0.735. The maximum atomic E-state index is 5.26. The molecular formula is C18H20O. The fourth-order valence-corrected chi connectivity index (χ4v) is 2.06. The Kier molecular flexibility index (Phi) is 4.79. The zero-order chi connectivity index (χ0) is 13.5. The summed E-state index contributed by atoms with van der Waals surface area (Å²) in [6.07, 6.45) is 5.44. The summed E-state index contributed by atoms with van der Waals surface area (Å²) in [6, 6.07) is 18.7. The average Bonchev–Trinajstić information content (AvgIpc) is 2.48. The SMILES string of the molecule is COc1cccc([C@@H](C)C/C=C/c2ccccc2)c1. The van der Waals surface area contributed by atoms with E-state index in [0.29, 0.717) is 5.92 Å². The van der Waals surface area contributed by atoms with Crippen LogP contribution < -0.4 is 4.74 Å². The summed E-state index contributed by atoms with van der Waals surface area (Å²) in [4.78, 5) is 0. The Labute approximate surface area is 115 Å². The van der Waals surface area contributed by atoms with Gasteiger partial charge in [-0.2, -0.15) is 0 Å². The molecular weight excluding hydrogens is 232 g/mol. The van der Waals surface area contributed by atoms with Gasteiger partial charge in [-0.05, 0) is 35.6 Å². The lowest BCUT2D eigenvalue weighted by Gasteiger charge is -2.10. The van der Waals surface area contributed by atoms with Crippen molar-refractivity contribution in [2.45, 2.75) is 19.3 Å². The number of hydrogen-bond acceptors (Lipinski definition) is 1. The van der Waals surface area contributed by atoms with Crippen molar-refractivity contribution < 1.29 is 4.74 Å². The molecule has 0 aliphatic carbocycles. The van der Waals surface area contributed by atoms with Crippen LogP contribution in [-0.2, 0) is 0 Å². The van der Waals surface area contributed by atoms with E-state index in [4.69, 9.17) is 4.74 Å². The molecule has 0 bridgehead atoms. The minimum absolute atomic E-state index is 0.495. The van der Waals surface area contributed by atoms with Crippen LogP contribution >= 0.6 is 0 Å². The van der Waals surface area contributed by atoms with Crippen molar-refractivity contribution >= 4 is 6.08 Å². The second kappa shape index (κ2) is 6.79. The van der Waals surface area contributed by atoms with E-state index < -0.39 is 0 Å². The number of benzene rings is 2. The van der Waals surface area contributed by atoms with Gasteiger partial charge in [0.25, 0.3) is 0 Å². The van der Waals surface area contributed by atoms with E-state index in [2.05, 4.69) is 55.5 Å². The zero-order valence-electron chi connectivity index (χ0n) is 11.5. The van der Waals surface area contributed by atoms with Crippen LogP contribution in [0, 0.1) is 0 Å². The molecule has 0 aliphatic rings. The van der Waals surface area contributed by atoms with Gasteiger partial charge in [0.1, 0.15) is 5.75 Å². The predicted molar refractivity (Wildman–Crippen MR) is 81.5 cm³/mol. The summed E-state index contributed by atoms with van der Waals surface area (Å²) in [5.74, 6) is 1.42. The molecule has 0 spiro atoms. The molecule has 1 heteroatoms. The van der Waals surface area contributed by atoms with Gasteiger partial charge in [-0.3, -0.25) is 0 Å². The van der Waals surface area contributed by atoms with Gasteiger partial charge in [0.05, 0.1) is 7.11 Å². The molecule has 19 heavy (non-hydrogen) atoms. The van der Waals surface area contributed by atoms with E-state index in [9.17, 15) is 0 Å². The lowest BCUT2D eigenvalue weighted by Crippen LogP contribution is -1.92. The third kappa shape index (κ3) is 3.99. The second-order valence-corrected chi connectivity index (χ2v) is 4.73. The Bertz CT molecular complexity index is 528. The number of allylic oxidation sites excluding steroid dienone is 1. The van der Waals surface area contributed by atoms with Crippen LogP contribution in [-0.4, -0.2) is 7.11 Å². The van der Waals surface area contributed by atoms with Gasteiger partial charge in [0.15, 0.2) is 0 Å². The molecule has 0 radical (unpaired) electrons. The van der Waals surface area contributed by atoms with E-state index in [1.165, 1.54) is 11.1 Å². The largest absolute Gasteiger partial charge is 0.497 e. The summed E-state index contributed by atoms with van der Waals surface area (Å²) in [6.45, 7) is 2.24. The van der Waals surface area contributed by atoms with Gasteiger partial charge in [-0.15, -0.1) is 0 Å². The lowest BCUT2D eigenvalue weighted by molar-refractivity contribution is 0.414. The first-order chi connectivity index (χ1) is 9.29. The van der Waals surface area contributed by atoms with Gasteiger partial charge >= 0.3 is 0 Å². The second-order valence-electron chi connectivity index (χ2n) is 4.73. The third-order valence-corrected chi connectivity index (χ3v) is 3.26. The van der Waals surface area contributed by atoms with Crippen LogP contribution in [0.5, 0.6) is 5.75 Å². The molecule has 0 heterocycles. The van der Waals surface area contributed by atoms with Crippen molar-refractivity contribution in [3.8, 4) is 5.75 Å². The van der Waals surface area contributed by atoms with Crippen molar-refractivity contribution in [2.75, 3.05) is 7.11 Å². The number of hydrogen-bond donors (Lipinski definition) is 0. The molecule has 0 fully saturated rings. The van der Waals surface area contributed by atoms with E-state index in [1.807, 2.05) is 18.2 Å². The maximum absolute atomic E-state index is 5.26. The Morgan fingerprint density at radius 1 is 1.05 bits per heavy atom. The van der Waals surface area contributed by atoms with Gasteiger partial charge in [0, 0.05) is 0 Å².